The number of hydrogen-bond acceptors (Lipinski definition) is 6. The first kappa shape index (κ1) is 28.6. The third-order valence-corrected chi connectivity index (χ3v) is 8.08. The fourth-order valence-electron chi connectivity index (χ4n) is 3.82. The van der Waals surface area contributed by atoms with Gasteiger partial charge in [0.05, 0.1) is 12.9 Å². The highest BCUT2D eigenvalue weighted by Gasteiger charge is 2.26. The van der Waals surface area contributed by atoms with Crippen LogP contribution in [-0.2, 0) is 33.6 Å². The molecule has 0 unspecified atom stereocenters. The highest BCUT2D eigenvalue weighted by Crippen LogP contribution is 2.27. The molecule has 0 aromatic heterocycles. The number of methoxy groups -OCH3 is 1. The van der Waals surface area contributed by atoms with Gasteiger partial charge < -0.3 is 14.8 Å². The van der Waals surface area contributed by atoms with Gasteiger partial charge >= 0.3 is 6.09 Å². The molecule has 0 aliphatic carbocycles. The zero-order valence-electron chi connectivity index (χ0n) is 20.8. The second-order valence-electron chi connectivity index (χ2n) is 8.61. The number of carbonyl (C=O) groups excluding carboxylic acids is 1. The molecule has 0 heterocycles. The molecular formula is C28H33NO6S2. The first-order valence-electron chi connectivity index (χ1n) is 12.0. The summed E-state index contributed by atoms with van der Waals surface area (Å²) < 4.78 is 43.2. The van der Waals surface area contributed by atoms with Gasteiger partial charge in [0, 0.05) is 17.0 Å². The Kier molecular flexibility index (Phi) is 11.3. The van der Waals surface area contributed by atoms with E-state index in [1.54, 1.807) is 18.9 Å². The Hall–Kier alpha value is -3.01. The zero-order chi connectivity index (χ0) is 26.5. The number of rotatable bonds is 14. The lowest BCUT2D eigenvalue weighted by Crippen LogP contribution is -2.43. The molecule has 9 heteroatoms. The summed E-state index contributed by atoms with van der Waals surface area (Å²) in [5, 5.41) is 2.74. The molecule has 0 aliphatic rings. The summed E-state index contributed by atoms with van der Waals surface area (Å²) in [6.45, 7) is 0.103. The lowest BCUT2D eigenvalue weighted by molar-refractivity contribution is 0.135. The monoisotopic (exact) mass is 543 g/mol. The molecule has 2 N–H and O–H groups in total. The number of aryl methyl sites for hydroxylation is 1. The van der Waals surface area contributed by atoms with Crippen molar-refractivity contribution in [2.45, 2.75) is 42.9 Å². The van der Waals surface area contributed by atoms with Crippen molar-refractivity contribution < 1.29 is 27.2 Å². The first-order valence-corrected chi connectivity index (χ1v) is 14.7. The molecule has 2 atom stereocenters. The molecule has 37 heavy (non-hydrogen) atoms. The molecule has 0 fully saturated rings. The average molecular weight is 544 g/mol. The van der Waals surface area contributed by atoms with Gasteiger partial charge in [0.2, 0.25) is 0 Å². The number of benzene rings is 3. The van der Waals surface area contributed by atoms with Crippen molar-refractivity contribution in [1.29, 1.82) is 0 Å². The van der Waals surface area contributed by atoms with E-state index >= 15 is 0 Å². The van der Waals surface area contributed by atoms with E-state index in [1.807, 2.05) is 84.9 Å². The summed E-state index contributed by atoms with van der Waals surface area (Å²) in [7, 11) is -2.58. The number of amides is 1. The predicted molar refractivity (Wildman–Crippen MR) is 147 cm³/mol. The summed E-state index contributed by atoms with van der Waals surface area (Å²) in [5.74, 6) is 0.969. The highest BCUT2D eigenvalue weighted by molar-refractivity contribution is 7.99. The van der Waals surface area contributed by atoms with Crippen molar-refractivity contribution in [3.05, 3.63) is 102 Å². The van der Waals surface area contributed by atoms with Crippen LogP contribution in [0, 0.1) is 0 Å². The van der Waals surface area contributed by atoms with Gasteiger partial charge in [0.1, 0.15) is 12.4 Å². The van der Waals surface area contributed by atoms with Gasteiger partial charge in [-0.3, -0.25) is 4.55 Å². The van der Waals surface area contributed by atoms with Crippen molar-refractivity contribution in [1.82, 2.24) is 5.32 Å². The Balaban J connectivity index is 1.73. The minimum atomic E-state index is -4.20. The van der Waals surface area contributed by atoms with Crippen LogP contribution in [0.25, 0.3) is 0 Å². The van der Waals surface area contributed by atoms with Crippen LogP contribution in [0.3, 0.4) is 0 Å². The molecule has 3 rings (SSSR count). The Labute approximate surface area is 223 Å². The zero-order valence-corrected chi connectivity index (χ0v) is 22.4. The van der Waals surface area contributed by atoms with E-state index in [2.05, 4.69) is 5.32 Å². The number of hydrogen-bond donors (Lipinski definition) is 2. The molecule has 7 nitrogen and oxygen atoms in total. The third kappa shape index (κ3) is 10.9. The normalized spacial score (nSPS) is 12.9. The van der Waals surface area contributed by atoms with E-state index in [0.29, 0.717) is 12.2 Å². The van der Waals surface area contributed by atoms with E-state index in [-0.39, 0.29) is 18.3 Å². The molecule has 0 radical (unpaired) electrons. The minimum absolute atomic E-state index is 0.0638. The van der Waals surface area contributed by atoms with E-state index in [0.717, 1.165) is 28.9 Å². The van der Waals surface area contributed by atoms with Gasteiger partial charge in [-0.15, -0.1) is 0 Å². The minimum Gasteiger partial charge on any atom is -0.497 e. The first-order chi connectivity index (χ1) is 17.8. The molecule has 3 aromatic rings. The number of thioether (sulfide) groups is 1. The van der Waals surface area contributed by atoms with Gasteiger partial charge in [-0.2, -0.15) is 20.2 Å². The molecule has 198 valence electrons. The van der Waals surface area contributed by atoms with E-state index < -0.39 is 28.0 Å². The molecule has 0 bridgehead atoms. The summed E-state index contributed by atoms with van der Waals surface area (Å²) in [6.07, 6.45) is 0.886. The molecule has 0 spiro atoms. The van der Waals surface area contributed by atoms with Gasteiger partial charge in [-0.25, -0.2) is 4.79 Å². The standard InChI is InChI=1S/C28H33NO6S2/c1-34-25-15-12-24(13-16-25)21-36-27(17-14-22-8-4-2-5-9-22)26(18-19-37(31,32)33)29-28(30)35-20-23-10-6-3-7-11-23/h2-13,15-16,26-27H,14,17-21H2,1H3,(H,29,30)(H,31,32,33)/t26-,27+/m1/s1. The van der Waals surface area contributed by atoms with Gasteiger partial charge in [0.15, 0.2) is 0 Å². The fourth-order valence-corrected chi connectivity index (χ4v) is 5.69. The summed E-state index contributed by atoms with van der Waals surface area (Å²) in [5.41, 5.74) is 3.08. The molecule has 0 saturated heterocycles. The summed E-state index contributed by atoms with van der Waals surface area (Å²) in [6, 6.07) is 26.5. The van der Waals surface area contributed by atoms with Gasteiger partial charge in [-0.1, -0.05) is 72.8 Å². The fraction of sp³-hybridized carbons (Fsp3) is 0.321. The number of ether oxygens (including phenoxy) is 2. The van der Waals surface area contributed by atoms with E-state index in [9.17, 15) is 17.8 Å². The Bertz CT molecular complexity index is 1190. The SMILES string of the molecule is COc1ccc(CS[C@@H](CCc2ccccc2)[C@@H](CCS(=O)(=O)O)NC(=O)OCc2ccccc2)cc1. The van der Waals surface area contributed by atoms with Crippen LogP contribution in [0.5, 0.6) is 5.75 Å². The molecule has 3 aromatic carbocycles. The Morgan fingerprint density at radius 1 is 0.892 bits per heavy atom. The maximum atomic E-state index is 12.7. The molecular weight excluding hydrogens is 510 g/mol. The van der Waals surface area contributed by atoms with E-state index in [1.165, 1.54) is 0 Å². The van der Waals surface area contributed by atoms with Crippen molar-refractivity contribution in [2.24, 2.45) is 0 Å². The lowest BCUT2D eigenvalue weighted by Gasteiger charge is -2.27. The summed E-state index contributed by atoms with van der Waals surface area (Å²) >= 11 is 1.63. The van der Waals surface area contributed by atoms with Crippen molar-refractivity contribution in [2.75, 3.05) is 12.9 Å². The van der Waals surface area contributed by atoms with Crippen LogP contribution in [0.4, 0.5) is 4.79 Å². The second kappa shape index (κ2) is 14.7. The predicted octanol–water partition coefficient (Wildman–Crippen LogP) is 5.50. The van der Waals surface area contributed by atoms with Crippen LogP contribution >= 0.6 is 11.8 Å². The van der Waals surface area contributed by atoms with Crippen LogP contribution in [-0.4, -0.2) is 43.2 Å². The van der Waals surface area contributed by atoms with E-state index in [4.69, 9.17) is 9.47 Å². The van der Waals surface area contributed by atoms with Crippen LogP contribution in [0.2, 0.25) is 0 Å². The van der Waals surface area contributed by atoms with Gasteiger partial charge in [-0.05, 0) is 48.1 Å². The van der Waals surface area contributed by atoms with Crippen LogP contribution in [0.1, 0.15) is 29.5 Å². The number of alkyl carbamates (subject to hydrolysis) is 1. The topological polar surface area (TPSA) is 102 Å². The maximum absolute atomic E-state index is 12.7. The largest absolute Gasteiger partial charge is 0.497 e. The van der Waals surface area contributed by atoms with Crippen molar-refractivity contribution in [3.8, 4) is 5.75 Å². The number of nitrogens with one attached hydrogen (secondary N) is 1. The van der Waals surface area contributed by atoms with Crippen molar-refractivity contribution >= 4 is 28.0 Å². The molecule has 1 amide bonds. The van der Waals surface area contributed by atoms with Crippen molar-refractivity contribution in [3.63, 3.8) is 0 Å². The lowest BCUT2D eigenvalue weighted by atomic mass is 10.0. The third-order valence-electron chi connectivity index (χ3n) is 5.84. The quantitative estimate of drug-likeness (QED) is 0.259. The number of carbonyl (C=O) groups is 1. The second-order valence-corrected chi connectivity index (χ2v) is 11.4. The Morgan fingerprint density at radius 3 is 2.11 bits per heavy atom. The van der Waals surface area contributed by atoms with Crippen LogP contribution < -0.4 is 10.1 Å². The summed E-state index contributed by atoms with van der Waals surface area (Å²) in [4.78, 5) is 12.7. The van der Waals surface area contributed by atoms with Crippen LogP contribution in [0.15, 0.2) is 84.9 Å². The molecule has 0 aliphatic heterocycles. The average Bonchev–Trinajstić information content (AvgIpc) is 2.91. The van der Waals surface area contributed by atoms with Gasteiger partial charge in [0.25, 0.3) is 10.1 Å². The highest BCUT2D eigenvalue weighted by atomic mass is 32.2. The maximum Gasteiger partial charge on any atom is 0.407 e. The Morgan fingerprint density at radius 2 is 1.51 bits per heavy atom. The molecule has 0 saturated carbocycles. The smallest absolute Gasteiger partial charge is 0.407 e.